The van der Waals surface area contributed by atoms with E-state index in [0.29, 0.717) is 25.0 Å². The zero-order valence-corrected chi connectivity index (χ0v) is 19.9. The van der Waals surface area contributed by atoms with Gasteiger partial charge in [0.1, 0.15) is 5.82 Å². The summed E-state index contributed by atoms with van der Waals surface area (Å²) in [6, 6.07) is 7.66. The Morgan fingerprint density at radius 2 is 1.82 bits per heavy atom. The largest absolute Gasteiger partial charge is 0.362 e. The Morgan fingerprint density at radius 1 is 1.09 bits per heavy atom. The number of primary amides is 1. The third-order valence-electron chi connectivity index (χ3n) is 6.97. The van der Waals surface area contributed by atoms with Gasteiger partial charge in [-0.15, -0.1) is 0 Å². The molecule has 33 heavy (non-hydrogen) atoms. The number of nitrogens with two attached hydrogens (primary N) is 2. The molecule has 8 nitrogen and oxygen atoms in total. The van der Waals surface area contributed by atoms with E-state index in [1.54, 1.807) is 4.90 Å². The van der Waals surface area contributed by atoms with Crippen molar-refractivity contribution < 1.29 is 4.79 Å². The maximum atomic E-state index is 12.2. The van der Waals surface area contributed by atoms with Crippen LogP contribution in [-0.4, -0.2) is 42.7 Å². The summed E-state index contributed by atoms with van der Waals surface area (Å²) in [5, 5.41) is 3.60. The zero-order chi connectivity index (χ0) is 23.4. The van der Waals surface area contributed by atoms with Gasteiger partial charge in [-0.3, -0.25) is 4.90 Å². The van der Waals surface area contributed by atoms with Gasteiger partial charge in [0.25, 0.3) is 0 Å². The normalized spacial score (nSPS) is 20.1. The number of urea groups is 1. The lowest BCUT2D eigenvalue weighted by Crippen LogP contribution is -2.41. The molecule has 1 fully saturated rings. The molecule has 2 aliphatic carbocycles. The van der Waals surface area contributed by atoms with Gasteiger partial charge in [0.15, 0.2) is 0 Å². The van der Waals surface area contributed by atoms with Crippen LogP contribution >= 0.6 is 0 Å². The molecule has 1 heterocycles. The lowest BCUT2D eigenvalue weighted by molar-refractivity contribution is 0.250. The van der Waals surface area contributed by atoms with Crippen LogP contribution in [0.2, 0.25) is 0 Å². The molecule has 0 radical (unpaired) electrons. The van der Waals surface area contributed by atoms with E-state index in [2.05, 4.69) is 24.3 Å². The number of fused-ring (bicyclic) bond motifs is 1. The topological polar surface area (TPSA) is 113 Å². The Morgan fingerprint density at radius 3 is 2.52 bits per heavy atom. The Balaban J connectivity index is 1.39. The summed E-state index contributed by atoms with van der Waals surface area (Å²) in [6.45, 7) is 1.01. The quantitative estimate of drug-likeness (QED) is 0.594. The predicted molar refractivity (Wildman–Crippen MR) is 134 cm³/mol. The molecule has 2 amide bonds. The number of hydrogen-bond acceptors (Lipinski definition) is 6. The molecular formula is C25H37N7O. The lowest BCUT2D eigenvalue weighted by atomic mass is 9.85. The van der Waals surface area contributed by atoms with E-state index in [1.165, 1.54) is 24.1 Å². The van der Waals surface area contributed by atoms with Crippen LogP contribution in [0.25, 0.3) is 0 Å². The van der Waals surface area contributed by atoms with Crippen molar-refractivity contribution in [2.24, 2.45) is 17.4 Å². The van der Waals surface area contributed by atoms with Crippen molar-refractivity contribution in [3.63, 3.8) is 0 Å². The van der Waals surface area contributed by atoms with Gasteiger partial charge in [0.05, 0.1) is 5.69 Å². The molecule has 0 atom stereocenters. The first-order valence-electron chi connectivity index (χ1n) is 12.1. The van der Waals surface area contributed by atoms with Gasteiger partial charge in [-0.05, 0) is 68.9 Å². The molecule has 2 aromatic rings. The number of anilines is 3. The van der Waals surface area contributed by atoms with E-state index in [1.807, 2.05) is 24.3 Å². The monoisotopic (exact) mass is 451 g/mol. The standard InChI is InChI=1S/C25H37N7O/c1-31(2)23-20-8-4-5-9-21(20)29-25(30-23)28-19-13-11-17(12-14-19)16-32(24(27)33)22-10-6-3-7-18(22)15-26/h3,6-7,10,17,19H,4-5,8-9,11-16,26H2,1-2H3,(H2,27,33)(H,28,29,30)/t17-,19+. The maximum Gasteiger partial charge on any atom is 0.319 e. The first kappa shape index (κ1) is 23.3. The van der Waals surface area contributed by atoms with Crippen LogP contribution < -0.4 is 26.6 Å². The molecule has 8 heteroatoms. The second-order valence-corrected chi connectivity index (χ2v) is 9.54. The summed E-state index contributed by atoms with van der Waals surface area (Å²) in [6.07, 6.45) is 8.61. The van der Waals surface area contributed by atoms with Crippen molar-refractivity contribution in [2.75, 3.05) is 35.8 Å². The van der Waals surface area contributed by atoms with Crippen LogP contribution in [-0.2, 0) is 19.4 Å². The van der Waals surface area contributed by atoms with E-state index >= 15 is 0 Å². The fourth-order valence-corrected chi connectivity index (χ4v) is 5.19. The van der Waals surface area contributed by atoms with Gasteiger partial charge in [0, 0.05) is 44.5 Å². The maximum absolute atomic E-state index is 12.2. The van der Waals surface area contributed by atoms with Crippen molar-refractivity contribution in [3.05, 3.63) is 41.1 Å². The number of rotatable bonds is 7. The lowest BCUT2D eigenvalue weighted by Gasteiger charge is -2.33. The van der Waals surface area contributed by atoms with E-state index in [9.17, 15) is 4.79 Å². The average Bonchev–Trinajstić information content (AvgIpc) is 2.82. The molecule has 0 saturated heterocycles. The predicted octanol–water partition coefficient (Wildman–Crippen LogP) is 3.44. The van der Waals surface area contributed by atoms with Gasteiger partial charge in [-0.2, -0.15) is 4.98 Å². The molecule has 0 aliphatic heterocycles. The average molecular weight is 452 g/mol. The molecule has 178 valence electrons. The van der Waals surface area contributed by atoms with Crippen LogP contribution in [0.1, 0.15) is 55.3 Å². The fourth-order valence-electron chi connectivity index (χ4n) is 5.19. The molecule has 1 saturated carbocycles. The highest BCUT2D eigenvalue weighted by Gasteiger charge is 2.27. The molecule has 4 rings (SSSR count). The van der Waals surface area contributed by atoms with Crippen molar-refractivity contribution in [1.82, 2.24) is 9.97 Å². The van der Waals surface area contributed by atoms with Crippen LogP contribution in [0.5, 0.6) is 0 Å². The molecule has 0 bridgehead atoms. The summed E-state index contributed by atoms with van der Waals surface area (Å²) in [4.78, 5) is 25.7. The highest BCUT2D eigenvalue weighted by Crippen LogP contribution is 2.31. The van der Waals surface area contributed by atoms with Gasteiger partial charge >= 0.3 is 6.03 Å². The van der Waals surface area contributed by atoms with Gasteiger partial charge in [-0.1, -0.05) is 18.2 Å². The van der Waals surface area contributed by atoms with Crippen LogP contribution in [0.4, 0.5) is 22.2 Å². The van der Waals surface area contributed by atoms with Crippen molar-refractivity contribution in [2.45, 2.75) is 64.0 Å². The molecule has 1 aromatic carbocycles. The first-order chi connectivity index (χ1) is 16.0. The first-order valence-corrected chi connectivity index (χ1v) is 12.1. The second-order valence-electron chi connectivity index (χ2n) is 9.54. The van der Waals surface area contributed by atoms with Gasteiger partial charge < -0.3 is 21.7 Å². The molecular weight excluding hydrogens is 414 g/mol. The summed E-state index contributed by atoms with van der Waals surface area (Å²) >= 11 is 0. The van der Waals surface area contributed by atoms with Gasteiger partial charge in [0.2, 0.25) is 5.95 Å². The second kappa shape index (κ2) is 10.4. The molecule has 0 unspecified atom stereocenters. The molecule has 1 aromatic heterocycles. The molecule has 0 spiro atoms. The number of nitrogens with zero attached hydrogens (tertiary/aromatic N) is 4. The van der Waals surface area contributed by atoms with E-state index in [4.69, 9.17) is 21.4 Å². The molecule has 5 N–H and O–H groups in total. The Kier molecular flexibility index (Phi) is 7.33. The van der Waals surface area contributed by atoms with E-state index < -0.39 is 6.03 Å². The zero-order valence-electron chi connectivity index (χ0n) is 19.9. The van der Waals surface area contributed by atoms with Crippen LogP contribution in [0, 0.1) is 5.92 Å². The van der Waals surface area contributed by atoms with Crippen molar-refractivity contribution in [1.29, 1.82) is 0 Å². The number of aryl methyl sites for hydroxylation is 1. The number of amides is 2. The highest BCUT2D eigenvalue weighted by atomic mass is 16.2. The summed E-state index contributed by atoms with van der Waals surface area (Å²) < 4.78 is 0. The van der Waals surface area contributed by atoms with Crippen LogP contribution in [0.15, 0.2) is 24.3 Å². The number of nitrogens with one attached hydrogen (secondary N) is 1. The van der Waals surface area contributed by atoms with E-state index in [0.717, 1.165) is 61.5 Å². The van der Waals surface area contributed by atoms with Crippen molar-refractivity contribution >= 4 is 23.5 Å². The van der Waals surface area contributed by atoms with Crippen molar-refractivity contribution in [3.8, 4) is 0 Å². The number of carbonyl (C=O) groups excluding carboxylic acids is 1. The Bertz CT molecular complexity index is 969. The summed E-state index contributed by atoms with van der Waals surface area (Å²) in [5.74, 6) is 2.20. The SMILES string of the molecule is CN(C)c1nc(N[C@H]2CC[C@@H](CN(C(N)=O)c3ccccc3CN)CC2)nc2c1CCCC2. The summed E-state index contributed by atoms with van der Waals surface area (Å²) in [7, 11) is 4.11. The minimum atomic E-state index is -0.421. The third kappa shape index (κ3) is 5.38. The number of benzene rings is 1. The smallest absolute Gasteiger partial charge is 0.319 e. The van der Waals surface area contributed by atoms with Crippen LogP contribution in [0.3, 0.4) is 0 Å². The molecule has 2 aliphatic rings. The number of hydrogen-bond donors (Lipinski definition) is 3. The fraction of sp³-hybridized carbons (Fsp3) is 0.560. The van der Waals surface area contributed by atoms with E-state index in [-0.39, 0.29) is 0 Å². The third-order valence-corrected chi connectivity index (χ3v) is 6.97. The number of aromatic nitrogens is 2. The number of para-hydroxylation sites is 1. The minimum Gasteiger partial charge on any atom is -0.362 e. The highest BCUT2D eigenvalue weighted by molar-refractivity contribution is 5.91. The Labute approximate surface area is 196 Å². The van der Waals surface area contributed by atoms with Gasteiger partial charge in [-0.25, -0.2) is 9.78 Å². The minimum absolute atomic E-state index is 0.344. The summed E-state index contributed by atoms with van der Waals surface area (Å²) in [5.41, 5.74) is 15.9. The Hall–Kier alpha value is -2.87. The number of carbonyl (C=O) groups is 1.